The molecule has 30 heavy (non-hydrogen) atoms. The standard InChI is InChI=1S/C21H18F3N3O3/c1-12-3-4-13(2)17(9-12)27-11-15(10-18(27)28)20-25-19(26-30-20)14-5-7-16(8-6-14)29-21(22,23)24/h3-9,15H,10-11H2,1-2H3. The molecule has 1 saturated heterocycles. The summed E-state index contributed by atoms with van der Waals surface area (Å²) in [4.78, 5) is 18.7. The van der Waals surface area contributed by atoms with Gasteiger partial charge in [0.05, 0.1) is 5.92 Å². The van der Waals surface area contributed by atoms with Crippen molar-refractivity contribution in [1.29, 1.82) is 0 Å². The van der Waals surface area contributed by atoms with E-state index < -0.39 is 6.36 Å². The fraction of sp³-hybridized carbons (Fsp3) is 0.286. The zero-order chi connectivity index (χ0) is 21.5. The molecule has 1 amide bonds. The lowest BCUT2D eigenvalue weighted by Gasteiger charge is -2.19. The number of rotatable bonds is 4. The minimum Gasteiger partial charge on any atom is -0.406 e. The lowest BCUT2D eigenvalue weighted by Crippen LogP contribution is -2.25. The monoisotopic (exact) mass is 417 g/mol. The van der Waals surface area contributed by atoms with E-state index in [0.717, 1.165) is 16.8 Å². The molecule has 4 rings (SSSR count). The van der Waals surface area contributed by atoms with Crippen LogP contribution in [0.3, 0.4) is 0 Å². The van der Waals surface area contributed by atoms with E-state index in [0.29, 0.717) is 18.0 Å². The lowest BCUT2D eigenvalue weighted by molar-refractivity contribution is -0.274. The third kappa shape index (κ3) is 4.14. The lowest BCUT2D eigenvalue weighted by atomic mass is 10.1. The summed E-state index contributed by atoms with van der Waals surface area (Å²) in [6.45, 7) is 4.34. The van der Waals surface area contributed by atoms with Gasteiger partial charge in [-0.05, 0) is 55.3 Å². The highest BCUT2D eigenvalue weighted by molar-refractivity contribution is 5.97. The number of anilines is 1. The first-order valence-corrected chi connectivity index (χ1v) is 9.27. The minimum atomic E-state index is -4.75. The molecule has 156 valence electrons. The van der Waals surface area contributed by atoms with E-state index in [1.807, 2.05) is 32.0 Å². The number of alkyl halides is 3. The van der Waals surface area contributed by atoms with Crippen LogP contribution in [0.2, 0.25) is 0 Å². The van der Waals surface area contributed by atoms with Crippen molar-refractivity contribution in [2.24, 2.45) is 0 Å². The van der Waals surface area contributed by atoms with Gasteiger partial charge in [-0.25, -0.2) is 0 Å². The number of hydrogen-bond donors (Lipinski definition) is 0. The smallest absolute Gasteiger partial charge is 0.406 e. The number of aryl methyl sites for hydroxylation is 2. The van der Waals surface area contributed by atoms with Gasteiger partial charge in [-0.15, -0.1) is 13.2 Å². The van der Waals surface area contributed by atoms with Gasteiger partial charge in [0.25, 0.3) is 0 Å². The number of carbonyl (C=O) groups excluding carboxylic acids is 1. The van der Waals surface area contributed by atoms with E-state index in [1.165, 1.54) is 24.3 Å². The maximum Gasteiger partial charge on any atom is 0.573 e. The van der Waals surface area contributed by atoms with Crippen LogP contribution in [0, 0.1) is 13.8 Å². The molecule has 9 heteroatoms. The van der Waals surface area contributed by atoms with Crippen molar-refractivity contribution >= 4 is 11.6 Å². The topological polar surface area (TPSA) is 68.5 Å². The van der Waals surface area contributed by atoms with Gasteiger partial charge in [-0.2, -0.15) is 4.98 Å². The van der Waals surface area contributed by atoms with E-state index in [9.17, 15) is 18.0 Å². The number of benzene rings is 2. The zero-order valence-electron chi connectivity index (χ0n) is 16.2. The average molecular weight is 417 g/mol. The van der Waals surface area contributed by atoms with E-state index in [4.69, 9.17) is 4.52 Å². The number of hydrogen-bond acceptors (Lipinski definition) is 5. The van der Waals surface area contributed by atoms with Crippen LogP contribution in [0.25, 0.3) is 11.4 Å². The molecular weight excluding hydrogens is 399 g/mol. The third-order valence-electron chi connectivity index (χ3n) is 4.92. The number of halogens is 3. The van der Waals surface area contributed by atoms with Crippen molar-refractivity contribution in [2.45, 2.75) is 32.5 Å². The maximum atomic E-state index is 12.6. The highest BCUT2D eigenvalue weighted by Gasteiger charge is 2.36. The van der Waals surface area contributed by atoms with E-state index >= 15 is 0 Å². The van der Waals surface area contributed by atoms with Crippen LogP contribution in [0.15, 0.2) is 47.0 Å². The maximum absolute atomic E-state index is 12.6. The van der Waals surface area contributed by atoms with Crippen molar-refractivity contribution in [3.8, 4) is 17.1 Å². The summed E-state index contributed by atoms with van der Waals surface area (Å²) < 4.78 is 46.0. The molecule has 0 bridgehead atoms. The predicted molar refractivity (Wildman–Crippen MR) is 102 cm³/mol. The Morgan fingerprint density at radius 1 is 1.13 bits per heavy atom. The normalized spacial score (nSPS) is 16.9. The van der Waals surface area contributed by atoms with Crippen LogP contribution in [0.5, 0.6) is 5.75 Å². The summed E-state index contributed by atoms with van der Waals surface area (Å²) in [7, 11) is 0. The molecule has 1 atom stereocenters. The van der Waals surface area contributed by atoms with E-state index in [-0.39, 0.29) is 29.8 Å². The summed E-state index contributed by atoms with van der Waals surface area (Å²) in [5.74, 6) is -0.0582. The number of amides is 1. The number of nitrogens with zero attached hydrogens (tertiary/aromatic N) is 3. The van der Waals surface area contributed by atoms with Crippen molar-refractivity contribution in [3.63, 3.8) is 0 Å². The van der Waals surface area contributed by atoms with Gasteiger partial charge >= 0.3 is 6.36 Å². The van der Waals surface area contributed by atoms with E-state index in [2.05, 4.69) is 14.9 Å². The molecule has 1 aliphatic rings. The second-order valence-electron chi connectivity index (χ2n) is 7.22. The predicted octanol–water partition coefficient (Wildman–Crippen LogP) is 4.77. The molecule has 1 aliphatic heterocycles. The van der Waals surface area contributed by atoms with Crippen LogP contribution in [0.1, 0.15) is 29.4 Å². The fourth-order valence-corrected chi connectivity index (χ4v) is 3.44. The van der Waals surface area contributed by atoms with Gasteiger partial charge in [0.2, 0.25) is 17.6 Å². The minimum absolute atomic E-state index is 0.0258. The third-order valence-corrected chi connectivity index (χ3v) is 4.92. The Balaban J connectivity index is 1.50. The molecule has 1 aromatic heterocycles. The summed E-state index contributed by atoms with van der Waals surface area (Å²) in [6.07, 6.45) is -4.51. The summed E-state index contributed by atoms with van der Waals surface area (Å²) >= 11 is 0. The second-order valence-corrected chi connectivity index (χ2v) is 7.22. The molecule has 2 heterocycles. The Hall–Kier alpha value is -3.36. The van der Waals surface area contributed by atoms with Crippen LogP contribution >= 0.6 is 0 Å². The highest BCUT2D eigenvalue weighted by atomic mass is 19.4. The Labute approximate surface area is 170 Å². The Morgan fingerprint density at radius 2 is 1.87 bits per heavy atom. The molecule has 2 aromatic carbocycles. The molecule has 0 spiro atoms. The Kier molecular flexibility index (Phi) is 4.97. The van der Waals surface area contributed by atoms with Crippen LogP contribution in [-0.4, -0.2) is 29.0 Å². The molecule has 0 radical (unpaired) electrons. The number of aromatic nitrogens is 2. The molecule has 0 N–H and O–H groups in total. The van der Waals surface area contributed by atoms with E-state index in [1.54, 1.807) is 4.90 Å². The highest BCUT2D eigenvalue weighted by Crippen LogP contribution is 2.34. The largest absolute Gasteiger partial charge is 0.573 e. The SMILES string of the molecule is Cc1ccc(C)c(N2CC(c3nc(-c4ccc(OC(F)(F)F)cc4)no3)CC2=O)c1. The first-order chi connectivity index (χ1) is 14.2. The van der Waals surface area contributed by atoms with Gasteiger partial charge < -0.3 is 14.2 Å². The number of ether oxygens (including phenoxy) is 1. The average Bonchev–Trinajstić information content (AvgIpc) is 3.30. The van der Waals surface area contributed by atoms with Gasteiger partial charge in [-0.1, -0.05) is 17.3 Å². The molecular formula is C21H18F3N3O3. The zero-order valence-corrected chi connectivity index (χ0v) is 16.2. The molecule has 6 nitrogen and oxygen atoms in total. The van der Waals surface area contributed by atoms with Crippen LogP contribution < -0.4 is 9.64 Å². The quantitative estimate of drug-likeness (QED) is 0.612. The Bertz CT molecular complexity index is 1080. The van der Waals surface area contributed by atoms with Crippen LogP contribution in [-0.2, 0) is 4.79 Å². The van der Waals surface area contributed by atoms with Crippen molar-refractivity contribution in [2.75, 3.05) is 11.4 Å². The van der Waals surface area contributed by atoms with Gasteiger partial charge in [0, 0.05) is 24.2 Å². The van der Waals surface area contributed by atoms with Crippen molar-refractivity contribution in [1.82, 2.24) is 10.1 Å². The van der Waals surface area contributed by atoms with Gasteiger partial charge in [0.1, 0.15) is 5.75 Å². The molecule has 3 aromatic rings. The summed E-state index contributed by atoms with van der Waals surface area (Å²) in [6, 6.07) is 11.1. The fourth-order valence-electron chi connectivity index (χ4n) is 3.44. The van der Waals surface area contributed by atoms with Gasteiger partial charge in [0.15, 0.2) is 0 Å². The van der Waals surface area contributed by atoms with Crippen molar-refractivity contribution in [3.05, 3.63) is 59.5 Å². The number of carbonyl (C=O) groups is 1. The molecule has 1 fully saturated rings. The van der Waals surface area contributed by atoms with Crippen molar-refractivity contribution < 1.29 is 27.2 Å². The van der Waals surface area contributed by atoms with Crippen LogP contribution in [0.4, 0.5) is 18.9 Å². The molecule has 0 aliphatic carbocycles. The first-order valence-electron chi connectivity index (χ1n) is 9.27. The summed E-state index contributed by atoms with van der Waals surface area (Å²) in [5, 5.41) is 3.91. The first kappa shape index (κ1) is 19.9. The summed E-state index contributed by atoms with van der Waals surface area (Å²) in [5.41, 5.74) is 3.41. The van der Waals surface area contributed by atoms with Gasteiger partial charge in [-0.3, -0.25) is 4.79 Å². The Morgan fingerprint density at radius 3 is 2.57 bits per heavy atom. The second kappa shape index (κ2) is 7.47. The molecule has 1 unspecified atom stereocenters. The molecule has 0 saturated carbocycles.